The van der Waals surface area contributed by atoms with Crippen molar-refractivity contribution in [1.29, 1.82) is 0 Å². The number of pyridine rings is 1. The van der Waals surface area contributed by atoms with E-state index in [2.05, 4.69) is 39.6 Å². The van der Waals surface area contributed by atoms with Gasteiger partial charge in [0.2, 0.25) is 0 Å². The van der Waals surface area contributed by atoms with E-state index >= 15 is 0 Å². The average Bonchev–Trinajstić information content (AvgIpc) is 3.24. The summed E-state index contributed by atoms with van der Waals surface area (Å²) in [7, 11) is 0. The first kappa shape index (κ1) is 21.4. The molecule has 4 aromatic rings. The van der Waals surface area contributed by atoms with Crippen molar-refractivity contribution in [1.82, 2.24) is 24.9 Å². The van der Waals surface area contributed by atoms with Crippen LogP contribution in [0.1, 0.15) is 41.2 Å². The maximum atomic E-state index is 13.2. The van der Waals surface area contributed by atoms with Gasteiger partial charge < -0.3 is 4.90 Å². The highest BCUT2D eigenvalue weighted by Gasteiger charge is 2.24. The molecule has 0 spiro atoms. The van der Waals surface area contributed by atoms with Gasteiger partial charge in [-0.25, -0.2) is 4.68 Å². The van der Waals surface area contributed by atoms with Crippen LogP contribution in [0.4, 0.5) is 0 Å². The van der Waals surface area contributed by atoms with Crippen LogP contribution in [0.3, 0.4) is 0 Å². The van der Waals surface area contributed by atoms with Crippen LogP contribution in [0.15, 0.2) is 73.1 Å². The number of amides is 1. The minimum atomic E-state index is -0.0876. The lowest BCUT2D eigenvalue weighted by Gasteiger charge is -2.18. The Labute approximate surface area is 188 Å². The number of benzene rings is 2. The van der Waals surface area contributed by atoms with E-state index in [1.807, 2.05) is 63.4 Å². The van der Waals surface area contributed by atoms with E-state index in [0.29, 0.717) is 25.2 Å². The summed E-state index contributed by atoms with van der Waals surface area (Å²) in [5.41, 5.74) is 6.52. The lowest BCUT2D eigenvalue weighted by Crippen LogP contribution is -2.31. The molecule has 0 atom stereocenters. The van der Waals surface area contributed by atoms with Crippen LogP contribution in [0, 0.1) is 6.92 Å². The summed E-state index contributed by atoms with van der Waals surface area (Å²) < 4.78 is 1.78. The molecule has 0 saturated heterocycles. The molecule has 1 amide bonds. The maximum absolute atomic E-state index is 13.2. The molecule has 2 aromatic heterocycles. The number of carbonyl (C=O) groups excluding carboxylic acids is 1. The second kappa shape index (κ2) is 9.56. The van der Waals surface area contributed by atoms with Crippen LogP contribution < -0.4 is 0 Å². The summed E-state index contributed by atoms with van der Waals surface area (Å²) in [5.74, 6) is -0.0876. The number of hydrogen-bond acceptors (Lipinski definition) is 4. The van der Waals surface area contributed by atoms with Crippen molar-refractivity contribution < 1.29 is 4.79 Å². The zero-order valence-corrected chi connectivity index (χ0v) is 18.7. The molecule has 0 unspecified atom stereocenters. The maximum Gasteiger partial charge on any atom is 0.276 e. The molecule has 0 aliphatic rings. The fourth-order valence-electron chi connectivity index (χ4n) is 3.72. The zero-order chi connectivity index (χ0) is 22.5. The van der Waals surface area contributed by atoms with Gasteiger partial charge in [-0.05, 0) is 55.7 Å². The predicted octanol–water partition coefficient (Wildman–Crippen LogP) is 4.71. The van der Waals surface area contributed by atoms with Crippen molar-refractivity contribution in [2.75, 3.05) is 13.1 Å². The van der Waals surface area contributed by atoms with E-state index in [-0.39, 0.29) is 5.91 Å². The van der Waals surface area contributed by atoms with Crippen LogP contribution in [0.25, 0.3) is 16.8 Å². The summed E-state index contributed by atoms with van der Waals surface area (Å²) >= 11 is 0. The second-order valence-corrected chi connectivity index (χ2v) is 7.72. The van der Waals surface area contributed by atoms with Gasteiger partial charge in [0.1, 0.15) is 0 Å². The molecule has 2 heterocycles. The van der Waals surface area contributed by atoms with Gasteiger partial charge in [-0.3, -0.25) is 9.78 Å². The van der Waals surface area contributed by atoms with E-state index in [0.717, 1.165) is 28.1 Å². The summed E-state index contributed by atoms with van der Waals surface area (Å²) in [5, 5.41) is 8.67. The first-order valence-corrected chi connectivity index (χ1v) is 10.9. The van der Waals surface area contributed by atoms with Crippen LogP contribution in [-0.4, -0.2) is 43.9 Å². The molecule has 0 saturated carbocycles. The smallest absolute Gasteiger partial charge is 0.276 e. The minimum absolute atomic E-state index is 0.0876. The number of carbonyl (C=O) groups is 1. The van der Waals surface area contributed by atoms with Crippen molar-refractivity contribution >= 4 is 5.91 Å². The largest absolute Gasteiger partial charge is 0.338 e. The quantitative estimate of drug-likeness (QED) is 0.430. The lowest BCUT2D eigenvalue weighted by molar-refractivity contribution is 0.0766. The Bertz CT molecular complexity index is 1180. The summed E-state index contributed by atoms with van der Waals surface area (Å²) in [6, 6.07) is 20.4. The molecular weight excluding hydrogens is 398 g/mol. The van der Waals surface area contributed by atoms with Gasteiger partial charge in [0.25, 0.3) is 5.91 Å². The number of aromatic nitrogens is 4. The Morgan fingerprint density at radius 1 is 0.938 bits per heavy atom. The summed E-state index contributed by atoms with van der Waals surface area (Å²) in [6.45, 7) is 7.26. The van der Waals surface area contributed by atoms with Crippen LogP contribution >= 0.6 is 0 Å². The van der Waals surface area contributed by atoms with E-state index in [9.17, 15) is 4.79 Å². The molecule has 0 bridgehead atoms. The van der Waals surface area contributed by atoms with Gasteiger partial charge in [0.15, 0.2) is 5.69 Å². The van der Waals surface area contributed by atoms with Gasteiger partial charge in [-0.1, -0.05) is 53.2 Å². The van der Waals surface area contributed by atoms with Gasteiger partial charge in [-0.2, -0.15) is 0 Å². The number of rotatable bonds is 7. The van der Waals surface area contributed by atoms with Crippen LogP contribution in [0.5, 0.6) is 0 Å². The SMILES string of the molecule is CCN(CC)C(=O)c1nnn(-c2ccc(C)cc2)c1Cc1ccc(-c2cccnc2)cc1. The molecule has 0 aliphatic heterocycles. The topological polar surface area (TPSA) is 63.9 Å². The Balaban J connectivity index is 1.71. The molecule has 4 rings (SSSR count). The molecule has 2 aromatic carbocycles. The molecule has 6 heteroatoms. The second-order valence-electron chi connectivity index (χ2n) is 7.72. The number of aryl methyl sites for hydroxylation is 1. The van der Waals surface area contributed by atoms with Crippen molar-refractivity contribution in [3.8, 4) is 16.8 Å². The summed E-state index contributed by atoms with van der Waals surface area (Å²) in [6.07, 6.45) is 4.17. The molecule has 0 N–H and O–H groups in total. The first-order valence-electron chi connectivity index (χ1n) is 10.9. The monoisotopic (exact) mass is 425 g/mol. The Morgan fingerprint density at radius 2 is 1.66 bits per heavy atom. The van der Waals surface area contributed by atoms with E-state index in [1.165, 1.54) is 5.56 Å². The Morgan fingerprint density at radius 3 is 2.28 bits per heavy atom. The van der Waals surface area contributed by atoms with Crippen molar-refractivity contribution in [3.63, 3.8) is 0 Å². The lowest BCUT2D eigenvalue weighted by atomic mass is 10.0. The highest BCUT2D eigenvalue weighted by molar-refractivity contribution is 5.93. The third-order valence-electron chi connectivity index (χ3n) is 5.62. The molecule has 0 fully saturated rings. The summed E-state index contributed by atoms with van der Waals surface area (Å²) in [4.78, 5) is 19.1. The standard InChI is InChI=1S/C26H27N5O/c1-4-30(5-2)26(32)25-24(31(29-28-25)23-14-8-19(3)9-15-23)17-20-10-12-21(13-11-20)22-7-6-16-27-18-22/h6-16,18H,4-5,17H2,1-3H3. The third-order valence-corrected chi connectivity index (χ3v) is 5.62. The highest BCUT2D eigenvalue weighted by atomic mass is 16.2. The number of nitrogens with zero attached hydrogens (tertiary/aromatic N) is 5. The molecule has 0 aliphatic carbocycles. The van der Waals surface area contributed by atoms with Gasteiger partial charge in [0, 0.05) is 31.9 Å². The fraction of sp³-hybridized carbons (Fsp3) is 0.231. The van der Waals surface area contributed by atoms with Crippen LogP contribution in [-0.2, 0) is 6.42 Å². The molecular formula is C26H27N5O. The number of hydrogen-bond donors (Lipinski definition) is 0. The first-order chi connectivity index (χ1) is 15.6. The molecule has 32 heavy (non-hydrogen) atoms. The van der Waals surface area contributed by atoms with E-state index in [1.54, 1.807) is 15.8 Å². The normalized spacial score (nSPS) is 10.8. The van der Waals surface area contributed by atoms with Gasteiger partial charge in [0.05, 0.1) is 11.4 Å². The average molecular weight is 426 g/mol. The highest BCUT2D eigenvalue weighted by Crippen LogP contribution is 2.22. The predicted molar refractivity (Wildman–Crippen MR) is 126 cm³/mol. The van der Waals surface area contributed by atoms with Crippen molar-refractivity contribution in [2.24, 2.45) is 0 Å². The van der Waals surface area contributed by atoms with Crippen molar-refractivity contribution in [2.45, 2.75) is 27.2 Å². The fourth-order valence-corrected chi connectivity index (χ4v) is 3.72. The molecule has 6 nitrogen and oxygen atoms in total. The van der Waals surface area contributed by atoms with Crippen LogP contribution in [0.2, 0.25) is 0 Å². The van der Waals surface area contributed by atoms with E-state index < -0.39 is 0 Å². The Hall–Kier alpha value is -3.80. The molecule has 0 radical (unpaired) electrons. The molecule has 162 valence electrons. The van der Waals surface area contributed by atoms with E-state index in [4.69, 9.17) is 0 Å². The van der Waals surface area contributed by atoms with Gasteiger partial charge >= 0.3 is 0 Å². The zero-order valence-electron chi connectivity index (χ0n) is 18.7. The minimum Gasteiger partial charge on any atom is -0.338 e. The Kier molecular flexibility index (Phi) is 6.40. The third kappa shape index (κ3) is 4.44. The van der Waals surface area contributed by atoms with Crippen molar-refractivity contribution in [3.05, 3.63) is 95.6 Å². The van der Waals surface area contributed by atoms with Gasteiger partial charge in [-0.15, -0.1) is 5.10 Å².